The van der Waals surface area contributed by atoms with Crippen LogP contribution in [-0.4, -0.2) is 72.8 Å². The highest BCUT2D eigenvalue weighted by Gasteiger charge is 2.32. The number of rotatable bonds is 6. The van der Waals surface area contributed by atoms with Gasteiger partial charge in [0, 0.05) is 38.7 Å². The molecule has 0 spiro atoms. The molecule has 2 saturated heterocycles. The number of carbonyl (C=O) groups excluding carboxylic acids is 1. The molecule has 2 aliphatic rings. The number of hydrogen-bond donors (Lipinski definition) is 2. The molecule has 0 aliphatic carbocycles. The van der Waals surface area contributed by atoms with Crippen LogP contribution in [0.15, 0.2) is 17.1 Å². The van der Waals surface area contributed by atoms with E-state index in [9.17, 15) is 14.9 Å². The number of fused-ring (bicyclic) bond motifs is 1. The predicted octanol–water partition coefficient (Wildman–Crippen LogP) is 1.63. The minimum atomic E-state index is -0.445. The van der Waals surface area contributed by atoms with E-state index in [4.69, 9.17) is 4.74 Å². The van der Waals surface area contributed by atoms with E-state index in [0.29, 0.717) is 36.2 Å². The summed E-state index contributed by atoms with van der Waals surface area (Å²) in [5.74, 6) is -0.257. The van der Waals surface area contributed by atoms with Crippen LogP contribution in [0.4, 0.5) is 5.69 Å². The van der Waals surface area contributed by atoms with Crippen LogP contribution in [0.2, 0.25) is 0 Å². The first-order chi connectivity index (χ1) is 15.4. The maximum atomic E-state index is 12.7. The number of amides is 1. The number of nitrogens with zero attached hydrogens (tertiary/aromatic N) is 4. The van der Waals surface area contributed by atoms with Gasteiger partial charge in [-0.1, -0.05) is 0 Å². The Bertz CT molecular complexity index is 1090. The van der Waals surface area contributed by atoms with Crippen molar-refractivity contribution >= 4 is 22.5 Å². The third kappa shape index (κ3) is 4.47. The molecule has 0 bridgehead atoms. The van der Waals surface area contributed by atoms with Crippen molar-refractivity contribution in [3.63, 3.8) is 0 Å². The SMILES string of the molecule is COC1(C)CCN(c2c(C#N)c(=O)[nH]c3cnc(C(=O)NCCN4CCCC4)cc23)CC1. The number of carbonyl (C=O) groups is 1. The van der Waals surface area contributed by atoms with E-state index in [0.717, 1.165) is 32.5 Å². The van der Waals surface area contributed by atoms with Crippen LogP contribution in [-0.2, 0) is 4.74 Å². The Morgan fingerprint density at radius 3 is 2.69 bits per heavy atom. The number of anilines is 1. The van der Waals surface area contributed by atoms with E-state index in [1.54, 1.807) is 13.2 Å². The number of likely N-dealkylation sites (tertiary alicyclic amines) is 1. The number of hydrogen-bond acceptors (Lipinski definition) is 7. The van der Waals surface area contributed by atoms with Crippen molar-refractivity contribution < 1.29 is 9.53 Å². The highest BCUT2D eigenvalue weighted by molar-refractivity contribution is 6.00. The maximum absolute atomic E-state index is 12.7. The number of ether oxygens (including phenoxy) is 1. The third-order valence-corrected chi connectivity index (χ3v) is 6.76. The molecule has 9 heteroatoms. The number of piperidine rings is 1. The van der Waals surface area contributed by atoms with Gasteiger partial charge in [-0.15, -0.1) is 0 Å². The summed E-state index contributed by atoms with van der Waals surface area (Å²) in [5, 5.41) is 13.3. The lowest BCUT2D eigenvalue weighted by Gasteiger charge is -2.40. The molecule has 2 aromatic heterocycles. The number of nitrogens with one attached hydrogen (secondary N) is 2. The summed E-state index contributed by atoms with van der Waals surface area (Å²) in [7, 11) is 1.71. The van der Waals surface area contributed by atoms with Crippen LogP contribution >= 0.6 is 0 Å². The molecule has 0 radical (unpaired) electrons. The van der Waals surface area contributed by atoms with Crippen LogP contribution in [0.1, 0.15) is 48.7 Å². The molecule has 2 N–H and O–H groups in total. The second-order valence-corrected chi connectivity index (χ2v) is 8.85. The summed E-state index contributed by atoms with van der Waals surface area (Å²) in [6, 6.07) is 3.74. The van der Waals surface area contributed by atoms with Crippen LogP contribution in [0, 0.1) is 11.3 Å². The molecule has 0 unspecified atom stereocenters. The zero-order valence-corrected chi connectivity index (χ0v) is 18.7. The monoisotopic (exact) mass is 438 g/mol. The van der Waals surface area contributed by atoms with Gasteiger partial charge in [-0.05, 0) is 51.8 Å². The van der Waals surface area contributed by atoms with Gasteiger partial charge in [0.05, 0.1) is 23.0 Å². The lowest BCUT2D eigenvalue weighted by atomic mass is 9.92. The van der Waals surface area contributed by atoms with Crippen molar-refractivity contribution in [3.8, 4) is 6.07 Å². The summed E-state index contributed by atoms with van der Waals surface area (Å²) < 4.78 is 5.63. The summed E-state index contributed by atoms with van der Waals surface area (Å²) in [6.07, 6.45) is 5.47. The number of pyridine rings is 2. The fraction of sp³-hybridized carbons (Fsp3) is 0.565. The number of aromatic amines is 1. The van der Waals surface area contributed by atoms with Crippen LogP contribution in [0.3, 0.4) is 0 Å². The van der Waals surface area contributed by atoms with E-state index < -0.39 is 5.56 Å². The highest BCUT2D eigenvalue weighted by atomic mass is 16.5. The van der Waals surface area contributed by atoms with Crippen LogP contribution in [0.25, 0.3) is 10.9 Å². The number of H-pyrrole nitrogens is 1. The fourth-order valence-electron chi connectivity index (χ4n) is 4.57. The van der Waals surface area contributed by atoms with Gasteiger partial charge in [0.2, 0.25) is 0 Å². The Kier molecular flexibility index (Phi) is 6.44. The third-order valence-electron chi connectivity index (χ3n) is 6.76. The quantitative estimate of drug-likeness (QED) is 0.704. The van der Waals surface area contributed by atoms with Gasteiger partial charge in [0.1, 0.15) is 17.3 Å². The highest BCUT2D eigenvalue weighted by Crippen LogP contribution is 2.33. The van der Waals surface area contributed by atoms with Crippen molar-refractivity contribution in [1.82, 2.24) is 20.2 Å². The normalized spacial score (nSPS) is 18.6. The summed E-state index contributed by atoms with van der Waals surface area (Å²) in [6.45, 7) is 6.91. The molecular formula is C23H30N6O3. The first-order valence-electron chi connectivity index (χ1n) is 11.2. The molecule has 0 saturated carbocycles. The smallest absolute Gasteiger partial charge is 0.269 e. The predicted molar refractivity (Wildman–Crippen MR) is 122 cm³/mol. The van der Waals surface area contributed by atoms with Crippen molar-refractivity contribution in [2.24, 2.45) is 0 Å². The molecule has 2 aliphatic heterocycles. The minimum Gasteiger partial charge on any atom is -0.378 e. The lowest BCUT2D eigenvalue weighted by molar-refractivity contribution is -0.0132. The summed E-state index contributed by atoms with van der Waals surface area (Å²) in [4.78, 5) is 36.7. The van der Waals surface area contributed by atoms with Gasteiger partial charge < -0.3 is 24.8 Å². The maximum Gasteiger partial charge on any atom is 0.269 e. The average Bonchev–Trinajstić information content (AvgIpc) is 3.32. The van der Waals surface area contributed by atoms with Gasteiger partial charge in [-0.25, -0.2) is 4.98 Å². The first kappa shape index (κ1) is 22.2. The topological polar surface area (TPSA) is 114 Å². The minimum absolute atomic E-state index is 0.0603. The number of aromatic nitrogens is 2. The van der Waals surface area contributed by atoms with E-state index in [-0.39, 0.29) is 22.8 Å². The molecule has 0 aromatic carbocycles. The Labute approximate surface area is 187 Å². The van der Waals surface area contributed by atoms with Gasteiger partial charge in [0.15, 0.2) is 0 Å². The molecule has 32 heavy (non-hydrogen) atoms. The van der Waals surface area contributed by atoms with E-state index in [1.165, 1.54) is 19.0 Å². The molecule has 4 rings (SSSR count). The van der Waals surface area contributed by atoms with Crippen molar-refractivity contribution in [1.29, 1.82) is 5.26 Å². The van der Waals surface area contributed by atoms with Gasteiger partial charge in [-0.2, -0.15) is 5.26 Å². The molecule has 0 atom stereocenters. The number of nitriles is 1. The van der Waals surface area contributed by atoms with Gasteiger partial charge in [-0.3, -0.25) is 9.59 Å². The van der Waals surface area contributed by atoms with Crippen LogP contribution < -0.4 is 15.8 Å². The van der Waals surface area contributed by atoms with Crippen LogP contribution in [0.5, 0.6) is 0 Å². The van der Waals surface area contributed by atoms with Crippen molar-refractivity contribution in [2.45, 2.75) is 38.2 Å². The first-order valence-corrected chi connectivity index (χ1v) is 11.2. The fourth-order valence-corrected chi connectivity index (χ4v) is 4.57. The van der Waals surface area contributed by atoms with E-state index >= 15 is 0 Å². The molecule has 2 fully saturated rings. The van der Waals surface area contributed by atoms with Crippen molar-refractivity contribution in [2.75, 3.05) is 51.3 Å². The molecule has 4 heterocycles. The van der Waals surface area contributed by atoms with Gasteiger partial charge in [0.25, 0.3) is 11.5 Å². The van der Waals surface area contributed by atoms with E-state index in [1.807, 2.05) is 4.90 Å². The second kappa shape index (κ2) is 9.27. The zero-order chi connectivity index (χ0) is 22.7. The molecule has 1 amide bonds. The number of methoxy groups -OCH3 is 1. The Balaban J connectivity index is 1.62. The second-order valence-electron chi connectivity index (χ2n) is 8.85. The van der Waals surface area contributed by atoms with Gasteiger partial charge >= 0.3 is 0 Å². The molecule has 2 aromatic rings. The Morgan fingerprint density at radius 2 is 2.03 bits per heavy atom. The summed E-state index contributed by atoms with van der Waals surface area (Å²) in [5.41, 5.74) is 0.748. The molecular weight excluding hydrogens is 408 g/mol. The Morgan fingerprint density at radius 1 is 1.31 bits per heavy atom. The Hall–Kier alpha value is -2.96. The zero-order valence-electron chi connectivity index (χ0n) is 18.7. The van der Waals surface area contributed by atoms with E-state index in [2.05, 4.69) is 33.2 Å². The standard InChI is InChI=1S/C23H30N6O3/c1-23(32-2)5-10-29(11-6-23)20-16-13-18(22(31)25-7-12-28-8-3-4-9-28)26-15-19(16)27-21(30)17(20)14-24/h13,15H,3-12H2,1-2H3,(H,25,31)(H,27,30). The molecule has 170 valence electrons. The lowest BCUT2D eigenvalue weighted by Crippen LogP contribution is -2.44. The van der Waals surface area contributed by atoms with Crippen molar-refractivity contribution in [3.05, 3.63) is 33.9 Å². The average molecular weight is 439 g/mol. The largest absolute Gasteiger partial charge is 0.378 e. The summed E-state index contributed by atoms with van der Waals surface area (Å²) >= 11 is 0. The molecule has 9 nitrogen and oxygen atoms in total.